The quantitative estimate of drug-likeness (QED) is 0.555. The average Bonchev–Trinajstić information content (AvgIpc) is 1.62. The van der Waals surface area contributed by atoms with Gasteiger partial charge < -0.3 is 5.11 Å². The molecule has 0 aromatic rings. The largest absolute Gasteiger partial charge is 0.396 e. The first-order valence-electron chi connectivity index (χ1n) is 3.53. The van der Waals surface area contributed by atoms with E-state index >= 15 is 0 Å². The minimum Gasteiger partial charge on any atom is -0.396 e. The number of aliphatic hydroxyl groups is 1. The fraction of sp³-hybridized carbons (Fsp3) is 1.00. The first-order valence-corrected chi connectivity index (χ1v) is 6.51. The monoisotopic (exact) mass is 146 g/mol. The van der Waals surface area contributed by atoms with E-state index in [2.05, 4.69) is 33.9 Å². The van der Waals surface area contributed by atoms with Crippen LogP contribution in [0.4, 0.5) is 0 Å². The molecule has 0 fully saturated rings. The van der Waals surface area contributed by atoms with Gasteiger partial charge in [0.25, 0.3) is 0 Å². The van der Waals surface area contributed by atoms with Gasteiger partial charge in [-0.15, -0.1) is 0 Å². The second-order valence-corrected chi connectivity index (χ2v) is 7.17. The van der Waals surface area contributed by atoms with Crippen molar-refractivity contribution in [2.24, 2.45) is 5.41 Å². The summed E-state index contributed by atoms with van der Waals surface area (Å²) in [6, 6.07) is 0. The fourth-order valence-corrected chi connectivity index (χ4v) is 3.00. The van der Waals surface area contributed by atoms with Crippen molar-refractivity contribution in [3.8, 4) is 0 Å². The summed E-state index contributed by atoms with van der Waals surface area (Å²) in [6.07, 6.45) is 0. The van der Waals surface area contributed by atoms with Crippen LogP contribution in [0.5, 0.6) is 0 Å². The van der Waals surface area contributed by atoms with Crippen LogP contribution in [0.15, 0.2) is 0 Å². The van der Waals surface area contributed by atoms with E-state index < -0.39 is 8.80 Å². The van der Waals surface area contributed by atoms with Crippen LogP contribution in [0.1, 0.15) is 20.8 Å². The van der Waals surface area contributed by atoms with E-state index in [1.54, 1.807) is 0 Å². The highest BCUT2D eigenvalue weighted by Gasteiger charge is 2.24. The molecule has 1 N–H and O–H groups in total. The van der Waals surface area contributed by atoms with Gasteiger partial charge in [0.1, 0.15) is 0 Å². The number of hydrogen-bond donors (Lipinski definition) is 1. The van der Waals surface area contributed by atoms with Crippen molar-refractivity contribution in [3.63, 3.8) is 0 Å². The molecule has 0 bridgehead atoms. The number of aliphatic hydroxyl groups excluding tert-OH is 1. The summed E-state index contributed by atoms with van der Waals surface area (Å²) < 4.78 is 0. The second-order valence-electron chi connectivity index (χ2n) is 4.05. The Morgan fingerprint density at radius 2 is 1.56 bits per heavy atom. The lowest BCUT2D eigenvalue weighted by Gasteiger charge is -2.28. The van der Waals surface area contributed by atoms with E-state index in [9.17, 15) is 5.11 Å². The molecule has 1 atom stereocenters. The van der Waals surface area contributed by atoms with Crippen LogP contribution in [-0.2, 0) is 0 Å². The molecule has 0 aromatic heterocycles. The molecule has 56 valence electrons. The van der Waals surface area contributed by atoms with Gasteiger partial charge in [-0.2, -0.15) is 0 Å². The van der Waals surface area contributed by atoms with Crippen LogP contribution in [-0.4, -0.2) is 19.6 Å². The third-order valence-corrected chi connectivity index (χ3v) is 3.78. The zero-order chi connectivity index (χ0) is 7.65. The molecule has 0 aliphatic carbocycles. The van der Waals surface area contributed by atoms with Gasteiger partial charge in [0.15, 0.2) is 0 Å². The predicted molar refractivity (Wildman–Crippen MR) is 44.3 cm³/mol. The maximum absolute atomic E-state index is 9.52. The lowest BCUT2D eigenvalue weighted by atomic mass is 9.98. The molecule has 2 heteroatoms. The van der Waals surface area contributed by atoms with E-state index in [0.29, 0.717) is 0 Å². The average molecular weight is 146 g/mol. The maximum Gasteiger partial charge on any atom is 0.0659 e. The lowest BCUT2D eigenvalue weighted by Crippen LogP contribution is -2.37. The molecule has 0 saturated carbocycles. The molecule has 0 amide bonds. The summed E-state index contributed by atoms with van der Waals surface area (Å²) in [4.78, 5) is 0. The Labute approximate surface area is 59.7 Å². The molecule has 1 unspecified atom stereocenters. The minimum atomic E-state index is -0.834. The summed E-state index contributed by atoms with van der Waals surface area (Å²) in [7, 11) is -0.834. The van der Waals surface area contributed by atoms with Gasteiger partial charge >= 0.3 is 0 Å². The van der Waals surface area contributed by atoms with Gasteiger partial charge in [0.2, 0.25) is 0 Å². The Kier molecular flexibility index (Phi) is 2.90. The normalized spacial score (nSPS) is 16.3. The highest BCUT2D eigenvalue weighted by molar-refractivity contribution is 6.57. The van der Waals surface area contributed by atoms with Gasteiger partial charge in [-0.1, -0.05) is 33.9 Å². The molecule has 1 nitrogen and oxygen atoms in total. The van der Waals surface area contributed by atoms with E-state index in [1.807, 2.05) is 0 Å². The van der Waals surface area contributed by atoms with Crippen molar-refractivity contribution < 1.29 is 5.11 Å². The predicted octanol–water partition coefficient (Wildman–Crippen LogP) is 1.42. The van der Waals surface area contributed by atoms with Crippen molar-refractivity contribution in [2.75, 3.05) is 0 Å². The molecular formula is C7H18OSi. The summed E-state index contributed by atoms with van der Waals surface area (Å²) in [5, 5.41) is 9.52. The highest BCUT2D eigenvalue weighted by atomic mass is 28.3. The molecular weight excluding hydrogens is 128 g/mol. The number of rotatable bonds is 1. The molecule has 0 aromatic carbocycles. The van der Waals surface area contributed by atoms with E-state index in [0.717, 1.165) is 0 Å². The van der Waals surface area contributed by atoms with Crippen molar-refractivity contribution in [1.82, 2.24) is 0 Å². The van der Waals surface area contributed by atoms with Crippen LogP contribution < -0.4 is 0 Å². The van der Waals surface area contributed by atoms with Crippen LogP contribution >= 0.6 is 0 Å². The Balaban J connectivity index is 3.88. The van der Waals surface area contributed by atoms with Crippen molar-refractivity contribution in [3.05, 3.63) is 0 Å². The smallest absolute Gasteiger partial charge is 0.0659 e. The maximum atomic E-state index is 9.52. The first-order chi connectivity index (χ1) is 3.85. The minimum absolute atomic E-state index is 0.0440. The van der Waals surface area contributed by atoms with Crippen molar-refractivity contribution in [2.45, 2.75) is 39.6 Å². The first kappa shape index (κ1) is 9.18. The number of hydrogen-bond acceptors (Lipinski definition) is 1. The van der Waals surface area contributed by atoms with Crippen LogP contribution in [0.25, 0.3) is 0 Å². The topological polar surface area (TPSA) is 20.2 Å². The second kappa shape index (κ2) is 2.84. The Morgan fingerprint density at radius 3 is 1.56 bits per heavy atom. The third-order valence-electron chi connectivity index (χ3n) is 1.52. The fourth-order valence-electron chi connectivity index (χ4n) is 1.00. The SMILES string of the molecule is C[SiH](C)C(O)C(C)(C)C. The van der Waals surface area contributed by atoms with E-state index in [1.165, 1.54) is 0 Å². The lowest BCUT2D eigenvalue weighted by molar-refractivity contribution is 0.129. The molecule has 0 aliphatic heterocycles. The Bertz CT molecular complexity index is 83.4. The molecule has 0 spiro atoms. The Morgan fingerprint density at radius 1 is 1.22 bits per heavy atom. The molecule has 0 saturated heterocycles. The van der Waals surface area contributed by atoms with Crippen LogP contribution in [0, 0.1) is 5.41 Å². The Hall–Kier alpha value is 0.177. The van der Waals surface area contributed by atoms with Crippen molar-refractivity contribution in [1.29, 1.82) is 0 Å². The van der Waals surface area contributed by atoms with Gasteiger partial charge in [0, 0.05) is 5.73 Å². The molecule has 0 aliphatic rings. The summed E-state index contributed by atoms with van der Waals surface area (Å²) in [6.45, 7) is 10.6. The summed E-state index contributed by atoms with van der Waals surface area (Å²) in [5.74, 6) is 0. The van der Waals surface area contributed by atoms with Crippen LogP contribution in [0.3, 0.4) is 0 Å². The van der Waals surface area contributed by atoms with Gasteiger partial charge in [0.05, 0.1) is 8.80 Å². The molecule has 0 heterocycles. The molecule has 9 heavy (non-hydrogen) atoms. The highest BCUT2D eigenvalue weighted by Crippen LogP contribution is 2.20. The van der Waals surface area contributed by atoms with Gasteiger partial charge in [-0.05, 0) is 5.41 Å². The van der Waals surface area contributed by atoms with Crippen LogP contribution in [0.2, 0.25) is 13.1 Å². The molecule has 0 rings (SSSR count). The zero-order valence-electron chi connectivity index (χ0n) is 7.10. The van der Waals surface area contributed by atoms with E-state index in [-0.39, 0.29) is 11.1 Å². The van der Waals surface area contributed by atoms with Gasteiger partial charge in [-0.3, -0.25) is 0 Å². The molecule has 0 radical (unpaired) electrons. The zero-order valence-corrected chi connectivity index (χ0v) is 8.26. The van der Waals surface area contributed by atoms with Gasteiger partial charge in [-0.25, -0.2) is 0 Å². The van der Waals surface area contributed by atoms with E-state index in [4.69, 9.17) is 0 Å². The summed E-state index contributed by atoms with van der Waals surface area (Å²) in [5.41, 5.74) is 0.0536. The third kappa shape index (κ3) is 3.01. The standard InChI is InChI=1S/C7H18OSi/c1-7(2,3)6(8)9(4)5/h6,8-9H,1-5H3. The summed E-state index contributed by atoms with van der Waals surface area (Å²) >= 11 is 0. The van der Waals surface area contributed by atoms with Crippen molar-refractivity contribution >= 4 is 8.80 Å².